The molecule has 1 atom stereocenters. The van der Waals surface area contributed by atoms with Gasteiger partial charge in [0, 0.05) is 11.6 Å². The number of fused-ring (bicyclic) bond motifs is 1. The van der Waals surface area contributed by atoms with Gasteiger partial charge in [0.1, 0.15) is 6.04 Å². The molecule has 1 amide bonds. The molecule has 0 aliphatic carbocycles. The number of aryl methyl sites for hydroxylation is 1. The summed E-state index contributed by atoms with van der Waals surface area (Å²) in [5.41, 5.74) is 2.17. The highest BCUT2D eigenvalue weighted by atomic mass is 16.4. The van der Waals surface area contributed by atoms with Gasteiger partial charge in [-0.2, -0.15) is 0 Å². The highest BCUT2D eigenvalue weighted by Gasteiger charge is 2.21. The highest BCUT2D eigenvalue weighted by Crippen LogP contribution is 2.16. The van der Waals surface area contributed by atoms with Crippen LogP contribution in [0, 0.1) is 0 Å². The molecular weight excluding hydrogens is 316 g/mol. The predicted octanol–water partition coefficient (Wildman–Crippen LogP) is 3.05. The zero-order chi connectivity index (χ0) is 17.6. The summed E-state index contributed by atoms with van der Waals surface area (Å²) in [6.45, 7) is 0. The first kappa shape index (κ1) is 16.6. The summed E-state index contributed by atoms with van der Waals surface area (Å²) < 4.78 is 0. The molecule has 126 valence electrons. The Kier molecular flexibility index (Phi) is 5.04. The number of carboxylic acid groups (broad SMARTS) is 1. The number of hydrogen-bond acceptors (Lipinski definition) is 3. The monoisotopic (exact) mass is 334 g/mol. The first-order valence-corrected chi connectivity index (χ1v) is 8.06. The van der Waals surface area contributed by atoms with E-state index in [0.717, 1.165) is 5.56 Å². The molecule has 0 saturated carbocycles. The van der Waals surface area contributed by atoms with Crippen LogP contribution >= 0.6 is 0 Å². The maximum absolute atomic E-state index is 12.6. The molecule has 0 spiro atoms. The molecule has 0 aliphatic rings. The maximum Gasteiger partial charge on any atom is 0.326 e. The molecule has 0 unspecified atom stereocenters. The van der Waals surface area contributed by atoms with Gasteiger partial charge in [-0.05, 0) is 30.5 Å². The van der Waals surface area contributed by atoms with E-state index < -0.39 is 17.9 Å². The molecule has 0 fully saturated rings. The summed E-state index contributed by atoms with van der Waals surface area (Å²) in [5, 5.41) is 12.8. The number of nitrogens with zero attached hydrogens (tertiary/aromatic N) is 1. The molecule has 0 aliphatic heterocycles. The number of amides is 1. The fourth-order valence-electron chi connectivity index (χ4n) is 2.74. The molecule has 1 aromatic heterocycles. The highest BCUT2D eigenvalue weighted by molar-refractivity contribution is 6.06. The summed E-state index contributed by atoms with van der Waals surface area (Å²) in [6, 6.07) is 17.6. The van der Waals surface area contributed by atoms with E-state index in [-0.39, 0.29) is 0 Å². The van der Waals surface area contributed by atoms with Crippen molar-refractivity contribution in [3.63, 3.8) is 0 Å². The van der Waals surface area contributed by atoms with Crippen molar-refractivity contribution in [2.75, 3.05) is 0 Å². The summed E-state index contributed by atoms with van der Waals surface area (Å²) in [6.07, 6.45) is 2.46. The second kappa shape index (κ2) is 7.57. The van der Waals surface area contributed by atoms with E-state index in [0.29, 0.717) is 29.3 Å². The SMILES string of the molecule is O=C(N[C@@H](CCc1ccccc1)C(=O)O)c1ccnc2ccccc12. The number of nitrogens with one attached hydrogen (secondary N) is 1. The van der Waals surface area contributed by atoms with Crippen molar-refractivity contribution in [2.45, 2.75) is 18.9 Å². The van der Waals surface area contributed by atoms with Gasteiger partial charge in [-0.3, -0.25) is 9.78 Å². The molecule has 3 rings (SSSR count). The third-order valence-corrected chi connectivity index (χ3v) is 4.06. The first-order valence-electron chi connectivity index (χ1n) is 8.06. The lowest BCUT2D eigenvalue weighted by atomic mass is 10.0. The molecule has 3 aromatic rings. The van der Waals surface area contributed by atoms with Gasteiger partial charge in [-0.15, -0.1) is 0 Å². The second-order valence-electron chi connectivity index (χ2n) is 5.76. The average Bonchev–Trinajstić information content (AvgIpc) is 2.65. The van der Waals surface area contributed by atoms with E-state index in [4.69, 9.17) is 0 Å². The van der Waals surface area contributed by atoms with Gasteiger partial charge in [0.05, 0.1) is 11.1 Å². The molecule has 0 radical (unpaired) electrons. The van der Waals surface area contributed by atoms with Crippen molar-refractivity contribution < 1.29 is 14.7 Å². The van der Waals surface area contributed by atoms with Crippen molar-refractivity contribution in [2.24, 2.45) is 0 Å². The van der Waals surface area contributed by atoms with Crippen molar-refractivity contribution in [1.29, 1.82) is 0 Å². The Hall–Kier alpha value is -3.21. The number of carbonyl (C=O) groups excluding carboxylic acids is 1. The van der Waals surface area contributed by atoms with Crippen LogP contribution in [-0.2, 0) is 11.2 Å². The largest absolute Gasteiger partial charge is 0.480 e. The third-order valence-electron chi connectivity index (χ3n) is 4.06. The number of aliphatic carboxylic acids is 1. The van der Waals surface area contributed by atoms with E-state index in [2.05, 4.69) is 10.3 Å². The van der Waals surface area contributed by atoms with Crippen LogP contribution in [0.25, 0.3) is 10.9 Å². The van der Waals surface area contributed by atoms with E-state index in [1.165, 1.54) is 0 Å². The van der Waals surface area contributed by atoms with Crippen LogP contribution in [0.3, 0.4) is 0 Å². The molecule has 1 heterocycles. The Bertz CT molecular complexity index is 888. The standard InChI is InChI=1S/C20H18N2O3/c23-19(16-12-13-21-17-9-5-4-8-15(16)17)22-18(20(24)25)11-10-14-6-2-1-3-7-14/h1-9,12-13,18H,10-11H2,(H,22,23)(H,24,25)/t18-/m0/s1. The Morgan fingerprint density at radius 1 is 1.00 bits per heavy atom. The van der Waals surface area contributed by atoms with Crippen molar-refractivity contribution in [3.05, 3.63) is 78.0 Å². The Labute approximate surface area is 145 Å². The van der Waals surface area contributed by atoms with Gasteiger partial charge in [0.15, 0.2) is 0 Å². The molecule has 5 heteroatoms. The van der Waals surface area contributed by atoms with Crippen LogP contribution in [0.2, 0.25) is 0 Å². The third kappa shape index (κ3) is 4.01. The molecule has 0 saturated heterocycles. The number of carboxylic acids is 1. The van der Waals surface area contributed by atoms with Crippen LogP contribution in [0.5, 0.6) is 0 Å². The van der Waals surface area contributed by atoms with Gasteiger partial charge in [0.2, 0.25) is 0 Å². The van der Waals surface area contributed by atoms with Crippen LogP contribution in [0.15, 0.2) is 66.9 Å². The zero-order valence-electron chi connectivity index (χ0n) is 13.6. The Morgan fingerprint density at radius 3 is 2.48 bits per heavy atom. The number of pyridine rings is 1. The minimum Gasteiger partial charge on any atom is -0.480 e. The van der Waals surface area contributed by atoms with Gasteiger partial charge in [-0.25, -0.2) is 4.79 Å². The fourth-order valence-corrected chi connectivity index (χ4v) is 2.74. The zero-order valence-corrected chi connectivity index (χ0v) is 13.6. The number of benzene rings is 2. The molecule has 25 heavy (non-hydrogen) atoms. The van der Waals surface area contributed by atoms with Crippen LogP contribution < -0.4 is 5.32 Å². The summed E-state index contributed by atoms with van der Waals surface area (Å²) in [7, 11) is 0. The lowest BCUT2D eigenvalue weighted by molar-refractivity contribution is -0.139. The fraction of sp³-hybridized carbons (Fsp3) is 0.150. The lowest BCUT2D eigenvalue weighted by Gasteiger charge is -2.15. The van der Waals surface area contributed by atoms with Crippen molar-refractivity contribution in [3.8, 4) is 0 Å². The van der Waals surface area contributed by atoms with Crippen molar-refractivity contribution in [1.82, 2.24) is 10.3 Å². The number of aromatic nitrogens is 1. The van der Waals surface area contributed by atoms with E-state index >= 15 is 0 Å². The van der Waals surface area contributed by atoms with Crippen LogP contribution in [0.4, 0.5) is 0 Å². The van der Waals surface area contributed by atoms with Gasteiger partial charge in [0.25, 0.3) is 5.91 Å². The average molecular weight is 334 g/mol. The minimum absolute atomic E-state index is 0.327. The number of hydrogen-bond donors (Lipinski definition) is 2. The van der Waals surface area contributed by atoms with Crippen LogP contribution in [0.1, 0.15) is 22.3 Å². The maximum atomic E-state index is 12.6. The number of para-hydroxylation sites is 1. The quantitative estimate of drug-likeness (QED) is 0.726. The number of carbonyl (C=O) groups is 2. The summed E-state index contributed by atoms with van der Waals surface area (Å²) >= 11 is 0. The lowest BCUT2D eigenvalue weighted by Crippen LogP contribution is -2.41. The first-order chi connectivity index (χ1) is 12.1. The topological polar surface area (TPSA) is 79.3 Å². The van der Waals surface area contributed by atoms with Crippen molar-refractivity contribution >= 4 is 22.8 Å². The van der Waals surface area contributed by atoms with Crippen LogP contribution in [-0.4, -0.2) is 28.0 Å². The molecule has 5 nitrogen and oxygen atoms in total. The predicted molar refractivity (Wildman–Crippen MR) is 95.4 cm³/mol. The minimum atomic E-state index is -1.04. The molecule has 0 bridgehead atoms. The molecule has 2 N–H and O–H groups in total. The van der Waals surface area contributed by atoms with E-state index in [1.54, 1.807) is 18.3 Å². The molecular formula is C20H18N2O3. The Morgan fingerprint density at radius 2 is 1.72 bits per heavy atom. The smallest absolute Gasteiger partial charge is 0.326 e. The van der Waals surface area contributed by atoms with E-state index in [9.17, 15) is 14.7 Å². The van der Waals surface area contributed by atoms with Gasteiger partial charge >= 0.3 is 5.97 Å². The molecule has 2 aromatic carbocycles. The Balaban J connectivity index is 1.75. The second-order valence-corrected chi connectivity index (χ2v) is 5.76. The summed E-state index contributed by atoms with van der Waals surface area (Å²) in [5.74, 6) is -1.44. The normalized spacial score (nSPS) is 11.8. The van der Waals surface area contributed by atoms with E-state index in [1.807, 2.05) is 48.5 Å². The van der Waals surface area contributed by atoms with Gasteiger partial charge < -0.3 is 10.4 Å². The summed E-state index contributed by atoms with van der Waals surface area (Å²) in [4.78, 5) is 28.3. The number of rotatable bonds is 6. The van der Waals surface area contributed by atoms with Gasteiger partial charge in [-0.1, -0.05) is 48.5 Å².